The number of nitrogens with zero attached hydrogens (tertiary/aromatic N) is 1. The van der Waals surface area contributed by atoms with Crippen molar-refractivity contribution >= 4 is 5.97 Å². The number of carbonyl (C=O) groups is 1. The van der Waals surface area contributed by atoms with Crippen LogP contribution in [0.5, 0.6) is 11.5 Å². The Bertz CT molecular complexity index is 893. The third-order valence-corrected chi connectivity index (χ3v) is 3.48. The number of hydrogen-bond acceptors (Lipinski definition) is 6. The molecule has 6 nitrogen and oxygen atoms in total. The third-order valence-electron chi connectivity index (χ3n) is 3.48. The van der Waals surface area contributed by atoms with Crippen LogP contribution in [0.4, 0.5) is 4.39 Å². The Morgan fingerprint density at radius 1 is 1.15 bits per heavy atom. The van der Waals surface area contributed by atoms with E-state index in [9.17, 15) is 9.18 Å². The summed E-state index contributed by atoms with van der Waals surface area (Å²) < 4.78 is 33.9. The molecule has 0 radical (unpaired) electrons. The molecule has 3 aromatic rings. The van der Waals surface area contributed by atoms with Gasteiger partial charge in [-0.05, 0) is 24.3 Å². The first kappa shape index (κ1) is 17.5. The van der Waals surface area contributed by atoms with Gasteiger partial charge in [0.15, 0.2) is 23.9 Å². The van der Waals surface area contributed by atoms with Crippen molar-refractivity contribution in [2.75, 3.05) is 13.7 Å². The summed E-state index contributed by atoms with van der Waals surface area (Å²) in [5.74, 6) is 0.0276. The lowest BCUT2D eigenvalue weighted by molar-refractivity contribution is -0.147. The predicted octanol–water partition coefficient (Wildman–Crippen LogP) is 3.61. The van der Waals surface area contributed by atoms with Gasteiger partial charge in [0.2, 0.25) is 0 Å². The van der Waals surface area contributed by atoms with Gasteiger partial charge in [-0.1, -0.05) is 29.4 Å². The van der Waals surface area contributed by atoms with E-state index >= 15 is 0 Å². The minimum atomic E-state index is -0.640. The Morgan fingerprint density at radius 2 is 2.00 bits per heavy atom. The summed E-state index contributed by atoms with van der Waals surface area (Å²) in [5, 5.41) is 3.86. The number of aromatic nitrogens is 1. The van der Waals surface area contributed by atoms with Gasteiger partial charge in [-0.25, -0.2) is 9.18 Å². The highest BCUT2D eigenvalue weighted by Gasteiger charge is 2.11. The summed E-state index contributed by atoms with van der Waals surface area (Å²) in [5.41, 5.74) is 1.24. The molecular formula is C19H16FNO5. The van der Waals surface area contributed by atoms with Crippen LogP contribution in [0.3, 0.4) is 0 Å². The van der Waals surface area contributed by atoms with Crippen molar-refractivity contribution in [3.05, 3.63) is 66.1 Å². The fourth-order valence-electron chi connectivity index (χ4n) is 2.19. The Kier molecular flexibility index (Phi) is 5.48. The quantitative estimate of drug-likeness (QED) is 0.602. The molecular weight excluding hydrogens is 341 g/mol. The van der Waals surface area contributed by atoms with E-state index in [2.05, 4.69) is 5.16 Å². The molecule has 7 heteroatoms. The van der Waals surface area contributed by atoms with Crippen LogP contribution >= 0.6 is 0 Å². The number of halogens is 1. The SMILES string of the molecule is COc1cccc(-c2cc(COC(=O)COc3ccccc3F)no2)c1. The van der Waals surface area contributed by atoms with Crippen molar-refractivity contribution in [3.63, 3.8) is 0 Å². The second-order valence-electron chi connectivity index (χ2n) is 5.29. The number of para-hydroxylation sites is 1. The molecule has 134 valence electrons. The van der Waals surface area contributed by atoms with E-state index in [0.717, 1.165) is 5.56 Å². The summed E-state index contributed by atoms with van der Waals surface area (Å²) >= 11 is 0. The topological polar surface area (TPSA) is 70.8 Å². The lowest BCUT2D eigenvalue weighted by Gasteiger charge is -2.06. The normalized spacial score (nSPS) is 10.4. The van der Waals surface area contributed by atoms with Crippen molar-refractivity contribution in [3.8, 4) is 22.8 Å². The fraction of sp³-hybridized carbons (Fsp3) is 0.158. The average molecular weight is 357 g/mol. The van der Waals surface area contributed by atoms with Crippen LogP contribution in [-0.2, 0) is 16.1 Å². The molecule has 1 heterocycles. The predicted molar refractivity (Wildman–Crippen MR) is 90.2 cm³/mol. The minimum absolute atomic E-state index is 0.00815. The highest BCUT2D eigenvalue weighted by molar-refractivity contribution is 5.71. The molecule has 0 bridgehead atoms. The second-order valence-corrected chi connectivity index (χ2v) is 5.29. The van der Waals surface area contributed by atoms with Crippen molar-refractivity contribution in [2.24, 2.45) is 0 Å². The largest absolute Gasteiger partial charge is 0.497 e. The molecule has 0 saturated heterocycles. The van der Waals surface area contributed by atoms with Crippen molar-refractivity contribution in [1.82, 2.24) is 5.16 Å². The van der Waals surface area contributed by atoms with E-state index in [0.29, 0.717) is 17.2 Å². The molecule has 26 heavy (non-hydrogen) atoms. The highest BCUT2D eigenvalue weighted by Crippen LogP contribution is 2.24. The van der Waals surface area contributed by atoms with Crippen LogP contribution in [0.25, 0.3) is 11.3 Å². The molecule has 0 aliphatic heterocycles. The number of carbonyl (C=O) groups excluding carboxylic acids is 1. The standard InChI is InChI=1S/C19H16FNO5/c1-23-15-6-4-5-13(9-15)18-10-14(21-26-18)11-25-19(22)12-24-17-8-3-2-7-16(17)20/h2-10H,11-12H2,1H3. The lowest BCUT2D eigenvalue weighted by atomic mass is 10.1. The first-order valence-corrected chi connectivity index (χ1v) is 7.78. The molecule has 0 atom stereocenters. The number of rotatable bonds is 7. The first-order chi connectivity index (χ1) is 12.7. The number of ether oxygens (including phenoxy) is 3. The maximum absolute atomic E-state index is 13.4. The minimum Gasteiger partial charge on any atom is -0.497 e. The Morgan fingerprint density at radius 3 is 2.81 bits per heavy atom. The molecule has 2 aromatic carbocycles. The van der Waals surface area contributed by atoms with Crippen LogP contribution in [-0.4, -0.2) is 24.8 Å². The number of methoxy groups -OCH3 is 1. The molecule has 0 saturated carbocycles. The van der Waals surface area contributed by atoms with Gasteiger partial charge in [0.05, 0.1) is 7.11 Å². The van der Waals surface area contributed by atoms with Gasteiger partial charge in [0, 0.05) is 11.6 Å². The molecule has 3 rings (SSSR count). The number of hydrogen-bond donors (Lipinski definition) is 0. The zero-order valence-electron chi connectivity index (χ0n) is 14.0. The lowest BCUT2D eigenvalue weighted by Crippen LogP contribution is -2.15. The molecule has 1 aromatic heterocycles. The number of benzene rings is 2. The van der Waals surface area contributed by atoms with Crippen LogP contribution in [0, 0.1) is 5.82 Å². The van der Waals surface area contributed by atoms with Crippen LogP contribution in [0.15, 0.2) is 59.1 Å². The first-order valence-electron chi connectivity index (χ1n) is 7.78. The molecule has 0 N–H and O–H groups in total. The van der Waals surface area contributed by atoms with Gasteiger partial charge in [-0.15, -0.1) is 0 Å². The summed E-state index contributed by atoms with van der Waals surface area (Å²) in [6.45, 7) is -0.478. The van der Waals surface area contributed by atoms with E-state index in [4.69, 9.17) is 18.7 Å². The zero-order valence-corrected chi connectivity index (χ0v) is 14.0. The summed E-state index contributed by atoms with van der Waals surface area (Å²) in [6.07, 6.45) is 0. The number of esters is 1. The maximum Gasteiger partial charge on any atom is 0.344 e. The monoisotopic (exact) mass is 357 g/mol. The van der Waals surface area contributed by atoms with Crippen LogP contribution in [0.2, 0.25) is 0 Å². The second kappa shape index (κ2) is 8.15. The third kappa shape index (κ3) is 4.38. The van der Waals surface area contributed by atoms with Gasteiger partial charge in [0.1, 0.15) is 18.1 Å². The maximum atomic E-state index is 13.4. The van der Waals surface area contributed by atoms with Gasteiger partial charge in [-0.3, -0.25) is 0 Å². The summed E-state index contributed by atoms with van der Waals surface area (Å²) in [6, 6.07) is 14.8. The van der Waals surface area contributed by atoms with Crippen LogP contribution in [0.1, 0.15) is 5.69 Å². The van der Waals surface area contributed by atoms with E-state index in [-0.39, 0.29) is 12.4 Å². The van der Waals surface area contributed by atoms with Gasteiger partial charge in [-0.2, -0.15) is 0 Å². The van der Waals surface area contributed by atoms with Crippen LogP contribution < -0.4 is 9.47 Å². The zero-order chi connectivity index (χ0) is 18.4. The van der Waals surface area contributed by atoms with E-state index in [1.54, 1.807) is 25.3 Å². The van der Waals surface area contributed by atoms with Crippen molar-refractivity contribution < 1.29 is 27.9 Å². The van der Waals surface area contributed by atoms with Crippen molar-refractivity contribution in [1.29, 1.82) is 0 Å². The van der Waals surface area contributed by atoms with E-state index < -0.39 is 18.4 Å². The van der Waals surface area contributed by atoms with E-state index in [1.807, 2.05) is 18.2 Å². The highest BCUT2D eigenvalue weighted by atomic mass is 19.1. The molecule has 0 unspecified atom stereocenters. The molecule has 0 aliphatic carbocycles. The Labute approximate surface area is 149 Å². The smallest absolute Gasteiger partial charge is 0.344 e. The van der Waals surface area contributed by atoms with Gasteiger partial charge >= 0.3 is 5.97 Å². The van der Waals surface area contributed by atoms with Gasteiger partial charge in [0.25, 0.3) is 0 Å². The average Bonchev–Trinajstić information content (AvgIpc) is 3.15. The van der Waals surface area contributed by atoms with Gasteiger partial charge < -0.3 is 18.7 Å². The summed E-state index contributed by atoms with van der Waals surface area (Å²) in [7, 11) is 1.58. The summed E-state index contributed by atoms with van der Waals surface area (Å²) in [4.78, 5) is 11.7. The molecule has 0 aliphatic rings. The molecule has 0 amide bonds. The molecule has 0 fully saturated rings. The molecule has 0 spiro atoms. The van der Waals surface area contributed by atoms with Crippen molar-refractivity contribution in [2.45, 2.75) is 6.61 Å². The van der Waals surface area contributed by atoms with E-state index in [1.165, 1.54) is 18.2 Å². The fourth-order valence-corrected chi connectivity index (χ4v) is 2.19. The Hall–Kier alpha value is -3.35. The Balaban J connectivity index is 1.53.